The van der Waals surface area contributed by atoms with Crippen molar-refractivity contribution in [3.63, 3.8) is 0 Å². The minimum absolute atomic E-state index is 0.0252. The molecule has 3 heterocycles. The number of carbonyl (C=O) groups is 4. The van der Waals surface area contributed by atoms with Crippen molar-refractivity contribution in [2.45, 2.75) is 84.7 Å². The fourth-order valence-electron chi connectivity index (χ4n) is 4.78. The number of nitrogen functional groups attached to an aromatic ring is 1. The van der Waals surface area contributed by atoms with E-state index in [-0.39, 0.29) is 48.2 Å². The molecule has 0 bridgehead atoms. The number of hydrogen-bond acceptors (Lipinski definition) is 20. The molecule has 1 aliphatic rings. The molecular weight excluding hydrogens is 899 g/mol. The fraction of sp³-hybridized carbons (Fsp3) is 0.645. The van der Waals surface area contributed by atoms with Crippen molar-refractivity contribution < 1.29 is 90.4 Å². The zero-order chi connectivity index (χ0) is 46.5. The van der Waals surface area contributed by atoms with Gasteiger partial charge in [0.25, 0.3) is 0 Å². The molecule has 61 heavy (non-hydrogen) atoms. The van der Waals surface area contributed by atoms with Crippen LogP contribution in [0.15, 0.2) is 24.3 Å². The van der Waals surface area contributed by atoms with E-state index in [1.54, 1.807) is 13.8 Å². The molecule has 26 nitrogen and oxygen atoms in total. The largest absolute Gasteiger partial charge is 0.481 e. The first-order valence-corrected chi connectivity index (χ1v) is 23.4. The number of hydrogen-bond donors (Lipinski definition) is 10. The Labute approximate surface area is 353 Å². The van der Waals surface area contributed by atoms with E-state index in [1.807, 2.05) is 13.8 Å². The second-order valence-corrected chi connectivity index (χ2v) is 19.6. The summed E-state index contributed by atoms with van der Waals surface area (Å²) < 4.78 is 62.0. The number of anilines is 1. The second kappa shape index (κ2) is 23.6. The standard InChI is InChI=1S/C26H44N7O18P3S.C5H8O/c1-13(2)17(35)25(39)55-8-7-28-15(34)5-6-29-23(38)20(37)26(3,4)10-48-54(45,46)51-53(43,44)47-9-14-19(50-52(40,41)42)18(36)24(49-14)33-12-32-16-21(27)30-11-31-22(16)33;1-5(2)3-4-6/h11-14,17-20,24,35-37H,5-10H2,1-4H3,(H,28,34)(H,29,38)(H,43,44)(H,45,46)(H2,27,30,31)(H2,40,41,42);3-4H,1-2H3/t14-,17?,18-,19-,20+,24-;/m1./s1. The van der Waals surface area contributed by atoms with E-state index in [9.17, 15) is 67.8 Å². The predicted molar refractivity (Wildman–Crippen MR) is 213 cm³/mol. The Morgan fingerprint density at radius 3 is 2.25 bits per heavy atom. The van der Waals surface area contributed by atoms with Crippen molar-refractivity contribution in [2.24, 2.45) is 11.3 Å². The summed E-state index contributed by atoms with van der Waals surface area (Å²) in [6.07, 6.45) is -5.82. The highest BCUT2D eigenvalue weighted by molar-refractivity contribution is 8.13. The van der Waals surface area contributed by atoms with E-state index in [2.05, 4.69) is 34.4 Å². The van der Waals surface area contributed by atoms with Gasteiger partial charge in [0.15, 0.2) is 17.7 Å². The number of allylic oxidation sites excluding steroid dienone is 2. The Bertz CT molecular complexity index is 2000. The molecular formula is C31H52N7O19P3S. The molecule has 30 heteroatoms. The summed E-state index contributed by atoms with van der Waals surface area (Å²) >= 11 is 0.857. The van der Waals surface area contributed by atoms with Crippen LogP contribution in [0, 0.1) is 11.3 Å². The Morgan fingerprint density at radius 1 is 1.03 bits per heavy atom. The normalized spacial score (nSPS) is 21.0. The number of carbonyl (C=O) groups excluding carboxylic acids is 4. The number of rotatable bonds is 22. The van der Waals surface area contributed by atoms with E-state index in [4.69, 9.17) is 19.5 Å². The molecule has 11 N–H and O–H groups in total. The smallest absolute Gasteiger partial charge is 0.386 e. The van der Waals surface area contributed by atoms with Gasteiger partial charge in [-0.2, -0.15) is 4.31 Å². The van der Waals surface area contributed by atoms with Crippen molar-refractivity contribution in [3.8, 4) is 0 Å². The van der Waals surface area contributed by atoms with Gasteiger partial charge < -0.3 is 56.0 Å². The highest BCUT2D eigenvalue weighted by Gasteiger charge is 2.50. The molecule has 0 spiro atoms. The summed E-state index contributed by atoms with van der Waals surface area (Å²) in [5, 5.41) is 35.5. The van der Waals surface area contributed by atoms with Gasteiger partial charge in [-0.05, 0) is 25.8 Å². The number of aldehydes is 1. The topological polar surface area (TPSA) is 401 Å². The van der Waals surface area contributed by atoms with Gasteiger partial charge >= 0.3 is 23.5 Å². The van der Waals surface area contributed by atoms with Crippen LogP contribution in [0.1, 0.15) is 54.2 Å². The number of phosphoric ester groups is 3. The molecule has 1 aliphatic heterocycles. The number of phosphoric acid groups is 3. The number of aromatic nitrogens is 4. The first kappa shape index (κ1) is 54.1. The van der Waals surface area contributed by atoms with E-state index in [1.165, 1.54) is 19.9 Å². The summed E-state index contributed by atoms with van der Waals surface area (Å²) in [7, 11) is -16.4. The quantitative estimate of drug-likeness (QED) is 0.0317. The molecule has 3 unspecified atom stereocenters. The van der Waals surface area contributed by atoms with Crippen molar-refractivity contribution in [1.29, 1.82) is 0 Å². The Morgan fingerprint density at radius 2 is 1.67 bits per heavy atom. The average Bonchev–Trinajstić information content (AvgIpc) is 3.71. The first-order chi connectivity index (χ1) is 28.1. The molecule has 0 aromatic carbocycles. The molecule has 2 aromatic rings. The molecule has 0 aliphatic carbocycles. The van der Waals surface area contributed by atoms with Gasteiger partial charge in [-0.1, -0.05) is 45.0 Å². The van der Waals surface area contributed by atoms with Gasteiger partial charge in [-0.25, -0.2) is 28.6 Å². The van der Waals surface area contributed by atoms with Crippen molar-refractivity contribution >= 4 is 75.4 Å². The van der Waals surface area contributed by atoms with Crippen LogP contribution >= 0.6 is 35.2 Å². The third kappa shape index (κ3) is 17.9. The van der Waals surface area contributed by atoms with Crippen LogP contribution in [-0.4, -0.2) is 140 Å². The number of aliphatic hydroxyl groups is 3. The fourth-order valence-corrected chi connectivity index (χ4v) is 8.45. The maximum Gasteiger partial charge on any atom is 0.481 e. The third-order valence-electron chi connectivity index (χ3n) is 8.02. The summed E-state index contributed by atoms with van der Waals surface area (Å²) in [5.74, 6) is -1.59. The summed E-state index contributed by atoms with van der Waals surface area (Å²) in [6, 6.07) is 0. The van der Waals surface area contributed by atoms with E-state index >= 15 is 0 Å². The molecule has 2 aromatic heterocycles. The predicted octanol–water partition coefficient (Wildman–Crippen LogP) is -0.167. The molecule has 2 amide bonds. The molecule has 3 rings (SSSR count). The van der Waals surface area contributed by atoms with Crippen LogP contribution in [0.3, 0.4) is 0 Å². The summed E-state index contributed by atoms with van der Waals surface area (Å²) in [4.78, 5) is 96.8. The number of fused-ring (bicyclic) bond motifs is 1. The molecule has 1 fully saturated rings. The number of nitrogens with zero attached hydrogens (tertiary/aromatic N) is 4. The SMILES string of the molecule is CC(C)=CC=O.CC(C)C(O)C(=O)SCCNC(=O)CCNC(=O)[C@H](O)C(C)(C)COP(=O)(O)OP(=O)(O)OC[C@H]1O[C@@H](n2cnc3c(N)ncnc32)[C@H](O)[C@@H]1OP(=O)(O)O. The lowest BCUT2D eigenvalue weighted by Crippen LogP contribution is -2.46. The lowest BCUT2D eigenvalue weighted by Gasteiger charge is -2.30. The minimum Gasteiger partial charge on any atom is -0.386 e. The number of nitrogens with one attached hydrogen (secondary N) is 2. The highest BCUT2D eigenvalue weighted by Crippen LogP contribution is 2.61. The zero-order valence-corrected chi connectivity index (χ0v) is 37.2. The van der Waals surface area contributed by atoms with Gasteiger partial charge in [0.1, 0.15) is 48.7 Å². The zero-order valence-electron chi connectivity index (χ0n) is 33.7. The average molecular weight is 952 g/mol. The van der Waals surface area contributed by atoms with E-state index in [0.717, 1.165) is 40.8 Å². The second-order valence-electron chi connectivity index (χ2n) is 14.3. The Balaban J connectivity index is 0.00000198. The van der Waals surface area contributed by atoms with Crippen LogP contribution < -0.4 is 16.4 Å². The molecule has 0 saturated carbocycles. The molecule has 8 atom stereocenters. The number of ether oxygens (including phenoxy) is 1. The Hall–Kier alpha value is -3.07. The monoisotopic (exact) mass is 951 g/mol. The van der Waals surface area contributed by atoms with Crippen LogP contribution in [0.5, 0.6) is 0 Å². The molecule has 346 valence electrons. The lowest BCUT2D eigenvalue weighted by molar-refractivity contribution is -0.137. The van der Waals surface area contributed by atoms with Crippen LogP contribution in [-0.2, 0) is 55.5 Å². The van der Waals surface area contributed by atoms with Gasteiger partial charge in [0.2, 0.25) is 16.9 Å². The van der Waals surface area contributed by atoms with E-state index in [0.29, 0.717) is 0 Å². The van der Waals surface area contributed by atoms with Gasteiger partial charge in [0.05, 0.1) is 19.5 Å². The minimum atomic E-state index is -5.58. The van der Waals surface area contributed by atoms with Crippen LogP contribution in [0.4, 0.5) is 5.82 Å². The highest BCUT2D eigenvalue weighted by atomic mass is 32.2. The number of imidazole rings is 1. The number of nitrogens with two attached hydrogens (primary N) is 1. The maximum absolute atomic E-state index is 12.7. The van der Waals surface area contributed by atoms with Gasteiger partial charge in [0, 0.05) is 30.7 Å². The first-order valence-electron chi connectivity index (χ1n) is 17.9. The van der Waals surface area contributed by atoms with E-state index < -0.39 is 95.8 Å². The van der Waals surface area contributed by atoms with Crippen LogP contribution in [0.2, 0.25) is 0 Å². The number of thioether (sulfide) groups is 1. The molecule has 1 saturated heterocycles. The number of amides is 2. The Kier molecular flexibility index (Phi) is 20.9. The lowest BCUT2D eigenvalue weighted by atomic mass is 9.87. The van der Waals surface area contributed by atoms with Crippen molar-refractivity contribution in [3.05, 3.63) is 24.3 Å². The summed E-state index contributed by atoms with van der Waals surface area (Å²) in [6.45, 7) is 7.44. The van der Waals surface area contributed by atoms with Gasteiger partial charge in [-0.15, -0.1) is 0 Å². The van der Waals surface area contributed by atoms with Crippen molar-refractivity contribution in [1.82, 2.24) is 30.2 Å². The number of aliphatic hydroxyl groups excluding tert-OH is 3. The van der Waals surface area contributed by atoms with Crippen molar-refractivity contribution in [2.75, 3.05) is 37.8 Å². The summed E-state index contributed by atoms with van der Waals surface area (Å²) in [5.41, 5.74) is 5.27. The van der Waals surface area contributed by atoms with Gasteiger partial charge in [-0.3, -0.25) is 37.3 Å². The molecule has 0 radical (unpaired) electrons. The maximum atomic E-state index is 12.7. The third-order valence-corrected chi connectivity index (χ3v) is 12.1. The van der Waals surface area contributed by atoms with Crippen LogP contribution in [0.25, 0.3) is 11.2 Å².